The Morgan fingerprint density at radius 3 is 2.47 bits per heavy atom. The van der Waals surface area contributed by atoms with E-state index in [0.29, 0.717) is 45.8 Å². The van der Waals surface area contributed by atoms with Gasteiger partial charge < -0.3 is 19.7 Å². The van der Waals surface area contributed by atoms with E-state index in [1.807, 2.05) is 6.07 Å². The number of carbonyl (C=O) groups excluding carboxylic acids is 1. The van der Waals surface area contributed by atoms with E-state index in [4.69, 9.17) is 32.7 Å². The lowest BCUT2D eigenvalue weighted by Crippen LogP contribution is -2.36. The van der Waals surface area contributed by atoms with Crippen molar-refractivity contribution in [2.24, 2.45) is 0 Å². The van der Waals surface area contributed by atoms with Crippen LogP contribution in [0, 0.1) is 5.82 Å². The zero-order valence-electron chi connectivity index (χ0n) is 17.7. The number of rotatable bonds is 8. The van der Waals surface area contributed by atoms with Gasteiger partial charge in [0.15, 0.2) is 0 Å². The van der Waals surface area contributed by atoms with Crippen LogP contribution >= 0.6 is 23.2 Å². The molecule has 0 saturated heterocycles. The molecule has 0 fully saturated rings. The topological polar surface area (TPSA) is 50.8 Å². The van der Waals surface area contributed by atoms with Gasteiger partial charge in [0.25, 0.3) is 0 Å². The fourth-order valence-electron chi connectivity index (χ4n) is 3.16. The summed E-state index contributed by atoms with van der Waals surface area (Å²) in [6.45, 7) is 0.391. The second-order valence-corrected chi connectivity index (χ2v) is 7.84. The van der Waals surface area contributed by atoms with Gasteiger partial charge in [-0.05, 0) is 42.3 Å². The molecule has 0 radical (unpaired) electrons. The van der Waals surface area contributed by atoms with E-state index in [0.717, 1.165) is 5.56 Å². The number of halogens is 3. The summed E-state index contributed by atoms with van der Waals surface area (Å²) >= 11 is 12.3. The highest BCUT2D eigenvalue weighted by Crippen LogP contribution is 2.29. The number of benzene rings is 3. The fraction of sp³-hybridized carbons (Fsp3) is 0.208. The van der Waals surface area contributed by atoms with Crippen molar-refractivity contribution in [3.63, 3.8) is 0 Å². The second kappa shape index (κ2) is 11.1. The van der Waals surface area contributed by atoms with Gasteiger partial charge in [-0.2, -0.15) is 0 Å². The third kappa shape index (κ3) is 6.05. The predicted octanol–water partition coefficient (Wildman–Crippen LogP) is 6.43. The molecule has 0 aliphatic heterocycles. The van der Waals surface area contributed by atoms with Gasteiger partial charge in [0.2, 0.25) is 0 Å². The average Bonchev–Trinajstić information content (AvgIpc) is 2.79. The minimum atomic E-state index is -0.401. The number of urea groups is 1. The SMILES string of the molecule is COc1ccc(NC(=O)N(CCc2ccc(Cl)cc2Cl)Cc2ccccc2F)c(OC)c1. The first-order chi connectivity index (χ1) is 15.4. The maximum Gasteiger partial charge on any atom is 0.322 e. The number of nitrogens with one attached hydrogen (secondary N) is 1. The maximum absolute atomic E-state index is 14.3. The Morgan fingerprint density at radius 1 is 1.00 bits per heavy atom. The first-order valence-corrected chi connectivity index (χ1v) is 10.6. The van der Waals surface area contributed by atoms with Crippen LogP contribution in [0.2, 0.25) is 10.0 Å². The summed E-state index contributed by atoms with van der Waals surface area (Å²) < 4.78 is 24.8. The average molecular weight is 477 g/mol. The number of hydrogen-bond donors (Lipinski definition) is 1. The third-order valence-corrected chi connectivity index (χ3v) is 5.51. The van der Waals surface area contributed by atoms with E-state index < -0.39 is 6.03 Å². The minimum Gasteiger partial charge on any atom is -0.497 e. The van der Waals surface area contributed by atoms with E-state index >= 15 is 0 Å². The molecule has 168 valence electrons. The number of ether oxygens (including phenoxy) is 2. The molecule has 3 aromatic rings. The first kappa shape index (κ1) is 23.7. The number of methoxy groups -OCH3 is 2. The van der Waals surface area contributed by atoms with Crippen LogP contribution in [0.25, 0.3) is 0 Å². The molecule has 5 nitrogen and oxygen atoms in total. The molecule has 0 unspecified atom stereocenters. The quantitative estimate of drug-likeness (QED) is 0.407. The van der Waals surface area contributed by atoms with Gasteiger partial charge in [0.05, 0.1) is 26.5 Å². The molecular weight excluding hydrogens is 454 g/mol. The second-order valence-electron chi connectivity index (χ2n) is 7.00. The standard InChI is InChI=1S/C24H23Cl2FN2O3/c1-31-19-9-10-22(23(14-19)32-2)28-24(30)29(15-17-5-3-4-6-21(17)27)12-11-16-7-8-18(25)13-20(16)26/h3-10,13-14H,11-12,15H2,1-2H3,(H,28,30). The van der Waals surface area contributed by atoms with E-state index in [2.05, 4.69) is 5.32 Å². The Kier molecular flexibility index (Phi) is 8.20. The molecule has 3 aromatic carbocycles. The van der Waals surface area contributed by atoms with Gasteiger partial charge in [0, 0.05) is 28.2 Å². The van der Waals surface area contributed by atoms with E-state index in [1.54, 1.807) is 55.6 Å². The van der Waals surface area contributed by atoms with Crippen molar-refractivity contribution >= 4 is 34.9 Å². The molecule has 0 aromatic heterocycles. The molecule has 32 heavy (non-hydrogen) atoms. The zero-order chi connectivity index (χ0) is 23.1. The zero-order valence-corrected chi connectivity index (χ0v) is 19.2. The Balaban J connectivity index is 1.82. The number of hydrogen-bond acceptors (Lipinski definition) is 3. The Bertz CT molecular complexity index is 1090. The summed E-state index contributed by atoms with van der Waals surface area (Å²) in [6.07, 6.45) is 0.470. The highest BCUT2D eigenvalue weighted by molar-refractivity contribution is 6.35. The summed E-state index contributed by atoms with van der Waals surface area (Å²) in [6, 6.07) is 16.2. The van der Waals surface area contributed by atoms with Crippen LogP contribution in [0.5, 0.6) is 11.5 Å². The van der Waals surface area contributed by atoms with Gasteiger partial charge in [-0.3, -0.25) is 0 Å². The van der Waals surface area contributed by atoms with Crippen LogP contribution in [0.1, 0.15) is 11.1 Å². The molecule has 0 aliphatic rings. The lowest BCUT2D eigenvalue weighted by atomic mass is 10.1. The lowest BCUT2D eigenvalue weighted by molar-refractivity contribution is 0.209. The van der Waals surface area contributed by atoms with Gasteiger partial charge in [-0.25, -0.2) is 9.18 Å². The molecule has 0 heterocycles. The van der Waals surface area contributed by atoms with E-state index in [9.17, 15) is 9.18 Å². The van der Waals surface area contributed by atoms with Crippen molar-refractivity contribution in [3.8, 4) is 11.5 Å². The highest BCUT2D eigenvalue weighted by Gasteiger charge is 2.18. The summed E-state index contributed by atoms with van der Waals surface area (Å²) in [5.41, 5.74) is 1.72. The molecule has 0 bridgehead atoms. The number of carbonyl (C=O) groups is 1. The van der Waals surface area contributed by atoms with Gasteiger partial charge >= 0.3 is 6.03 Å². The van der Waals surface area contributed by atoms with Crippen molar-refractivity contribution in [2.75, 3.05) is 26.1 Å². The largest absolute Gasteiger partial charge is 0.497 e. The smallest absolute Gasteiger partial charge is 0.322 e. The molecule has 0 saturated carbocycles. The van der Waals surface area contributed by atoms with Crippen molar-refractivity contribution in [2.45, 2.75) is 13.0 Å². The molecular formula is C24H23Cl2FN2O3. The summed E-state index contributed by atoms with van der Waals surface area (Å²) in [4.78, 5) is 14.7. The Morgan fingerprint density at radius 2 is 1.78 bits per heavy atom. The van der Waals surface area contributed by atoms with Gasteiger partial charge in [0.1, 0.15) is 17.3 Å². The molecule has 2 amide bonds. The highest BCUT2D eigenvalue weighted by atomic mass is 35.5. The normalized spacial score (nSPS) is 10.5. The summed E-state index contributed by atoms with van der Waals surface area (Å²) in [5.74, 6) is 0.668. The van der Waals surface area contributed by atoms with Crippen LogP contribution in [-0.2, 0) is 13.0 Å². The summed E-state index contributed by atoms with van der Waals surface area (Å²) in [5, 5.41) is 3.89. The van der Waals surface area contributed by atoms with Crippen molar-refractivity contribution < 1.29 is 18.7 Å². The Hall–Kier alpha value is -2.96. The lowest BCUT2D eigenvalue weighted by Gasteiger charge is -2.24. The van der Waals surface area contributed by atoms with Crippen LogP contribution in [0.4, 0.5) is 14.9 Å². The van der Waals surface area contributed by atoms with E-state index in [1.165, 1.54) is 18.1 Å². The monoisotopic (exact) mass is 476 g/mol. The molecule has 1 N–H and O–H groups in total. The van der Waals surface area contributed by atoms with Crippen LogP contribution in [0.15, 0.2) is 60.7 Å². The Labute approximate surface area is 196 Å². The van der Waals surface area contributed by atoms with E-state index in [-0.39, 0.29) is 12.4 Å². The molecule has 0 aliphatic carbocycles. The van der Waals surface area contributed by atoms with Crippen molar-refractivity contribution in [1.82, 2.24) is 4.90 Å². The van der Waals surface area contributed by atoms with Crippen LogP contribution in [0.3, 0.4) is 0 Å². The van der Waals surface area contributed by atoms with Crippen molar-refractivity contribution in [3.05, 3.63) is 87.7 Å². The van der Waals surface area contributed by atoms with Crippen LogP contribution in [-0.4, -0.2) is 31.7 Å². The summed E-state index contributed by atoms with van der Waals surface area (Å²) in [7, 11) is 3.05. The van der Waals surface area contributed by atoms with Crippen LogP contribution < -0.4 is 14.8 Å². The van der Waals surface area contributed by atoms with Gasteiger partial charge in [-0.15, -0.1) is 0 Å². The number of amides is 2. The minimum absolute atomic E-state index is 0.0855. The first-order valence-electron chi connectivity index (χ1n) is 9.86. The third-order valence-electron chi connectivity index (χ3n) is 4.92. The fourth-order valence-corrected chi connectivity index (χ4v) is 3.66. The molecule has 3 rings (SSSR count). The number of anilines is 1. The predicted molar refractivity (Wildman–Crippen MR) is 126 cm³/mol. The van der Waals surface area contributed by atoms with Crippen molar-refractivity contribution in [1.29, 1.82) is 0 Å². The molecule has 8 heteroatoms. The maximum atomic E-state index is 14.3. The molecule has 0 atom stereocenters. The van der Waals surface area contributed by atoms with Gasteiger partial charge in [-0.1, -0.05) is 47.5 Å². The number of nitrogens with zero attached hydrogens (tertiary/aromatic N) is 1. The molecule has 0 spiro atoms.